The van der Waals surface area contributed by atoms with Crippen molar-refractivity contribution in [3.63, 3.8) is 0 Å². The van der Waals surface area contributed by atoms with Crippen molar-refractivity contribution in [2.24, 2.45) is 0 Å². The van der Waals surface area contributed by atoms with Crippen LogP contribution in [-0.2, 0) is 9.53 Å². The van der Waals surface area contributed by atoms with Crippen LogP contribution in [0.2, 0.25) is 0 Å². The van der Waals surface area contributed by atoms with Crippen molar-refractivity contribution in [2.75, 3.05) is 19.7 Å². The lowest BCUT2D eigenvalue weighted by atomic mass is 10.2. The molecule has 7 nitrogen and oxygen atoms in total. The third-order valence-electron chi connectivity index (χ3n) is 4.24. The Morgan fingerprint density at radius 1 is 1.38 bits per heavy atom. The minimum atomic E-state index is -0.274. The van der Waals surface area contributed by atoms with E-state index in [9.17, 15) is 9.59 Å². The van der Waals surface area contributed by atoms with Crippen LogP contribution in [0, 0.1) is 0 Å². The van der Waals surface area contributed by atoms with E-state index in [0.29, 0.717) is 18.8 Å². The molecule has 24 heavy (non-hydrogen) atoms. The molecule has 1 aliphatic rings. The van der Waals surface area contributed by atoms with Crippen molar-refractivity contribution < 1.29 is 14.3 Å². The summed E-state index contributed by atoms with van der Waals surface area (Å²) in [7, 11) is 0. The highest BCUT2D eigenvalue weighted by Crippen LogP contribution is 2.15. The lowest BCUT2D eigenvalue weighted by Gasteiger charge is -2.36. The van der Waals surface area contributed by atoms with Gasteiger partial charge < -0.3 is 15.0 Å². The predicted molar refractivity (Wildman–Crippen MR) is 89.6 cm³/mol. The Labute approximate surface area is 140 Å². The number of hydrogen-bond acceptors (Lipinski definition) is 4. The maximum Gasteiger partial charge on any atom is 0.272 e. The molecule has 0 spiro atoms. The van der Waals surface area contributed by atoms with Gasteiger partial charge in [-0.3, -0.25) is 14.7 Å². The summed E-state index contributed by atoms with van der Waals surface area (Å²) in [6.45, 7) is 5.36. The Morgan fingerprint density at radius 2 is 2.17 bits per heavy atom. The quantitative estimate of drug-likeness (QED) is 0.885. The van der Waals surface area contributed by atoms with Crippen LogP contribution < -0.4 is 5.32 Å². The summed E-state index contributed by atoms with van der Waals surface area (Å²) in [6.07, 6.45) is 0.320. The summed E-state index contributed by atoms with van der Waals surface area (Å²) < 4.78 is 5.53. The molecule has 1 saturated heterocycles. The van der Waals surface area contributed by atoms with Gasteiger partial charge in [-0.05, 0) is 19.9 Å². The molecular formula is C17H22N4O3. The molecule has 1 aliphatic heterocycles. The SMILES string of the molecule is C[C@@H]1CN(C(=O)CCNC(=O)c2n[nH]c3ccccc23)[C@@H](C)CO1. The first-order chi connectivity index (χ1) is 11.6. The van der Waals surface area contributed by atoms with Crippen LogP contribution >= 0.6 is 0 Å². The summed E-state index contributed by atoms with van der Waals surface area (Å²) in [6, 6.07) is 7.52. The molecule has 2 atom stereocenters. The summed E-state index contributed by atoms with van der Waals surface area (Å²) >= 11 is 0. The fourth-order valence-corrected chi connectivity index (χ4v) is 2.90. The van der Waals surface area contributed by atoms with E-state index in [0.717, 1.165) is 10.9 Å². The molecule has 3 rings (SSSR count). The number of aromatic nitrogens is 2. The Kier molecular flexibility index (Phi) is 4.80. The summed E-state index contributed by atoms with van der Waals surface area (Å²) in [5.74, 6) is -0.242. The van der Waals surface area contributed by atoms with E-state index in [2.05, 4.69) is 15.5 Å². The zero-order valence-corrected chi connectivity index (χ0v) is 13.9. The number of nitrogens with one attached hydrogen (secondary N) is 2. The highest BCUT2D eigenvalue weighted by molar-refractivity contribution is 6.04. The molecule has 1 aromatic carbocycles. The van der Waals surface area contributed by atoms with Crippen LogP contribution in [-0.4, -0.2) is 58.8 Å². The van der Waals surface area contributed by atoms with Gasteiger partial charge in [0.15, 0.2) is 5.69 Å². The summed E-state index contributed by atoms with van der Waals surface area (Å²) in [5, 5.41) is 10.4. The second-order valence-electron chi connectivity index (χ2n) is 6.16. The highest BCUT2D eigenvalue weighted by atomic mass is 16.5. The van der Waals surface area contributed by atoms with Crippen molar-refractivity contribution in [1.82, 2.24) is 20.4 Å². The van der Waals surface area contributed by atoms with Crippen molar-refractivity contribution in [1.29, 1.82) is 0 Å². The third-order valence-corrected chi connectivity index (χ3v) is 4.24. The van der Waals surface area contributed by atoms with Crippen LogP contribution in [0.1, 0.15) is 30.8 Å². The zero-order chi connectivity index (χ0) is 17.1. The van der Waals surface area contributed by atoms with Crippen molar-refractivity contribution >= 4 is 22.7 Å². The number of amides is 2. The normalized spacial score (nSPS) is 21.0. The number of morpholine rings is 1. The van der Waals surface area contributed by atoms with Gasteiger partial charge in [-0.1, -0.05) is 18.2 Å². The van der Waals surface area contributed by atoms with E-state index in [-0.39, 0.29) is 36.9 Å². The van der Waals surface area contributed by atoms with E-state index in [1.165, 1.54) is 0 Å². The molecule has 128 valence electrons. The number of para-hydroxylation sites is 1. The smallest absolute Gasteiger partial charge is 0.272 e. The lowest BCUT2D eigenvalue weighted by molar-refractivity contribution is -0.143. The van der Waals surface area contributed by atoms with E-state index in [1.807, 2.05) is 43.0 Å². The first-order valence-electron chi connectivity index (χ1n) is 8.18. The second kappa shape index (κ2) is 7.00. The molecule has 2 amide bonds. The maximum absolute atomic E-state index is 12.3. The van der Waals surface area contributed by atoms with Gasteiger partial charge in [0.2, 0.25) is 5.91 Å². The molecular weight excluding hydrogens is 308 g/mol. The Balaban J connectivity index is 1.54. The lowest BCUT2D eigenvalue weighted by Crippen LogP contribution is -2.50. The number of carbonyl (C=O) groups is 2. The second-order valence-corrected chi connectivity index (χ2v) is 6.16. The van der Waals surface area contributed by atoms with Crippen LogP contribution in [0.3, 0.4) is 0 Å². The fourth-order valence-electron chi connectivity index (χ4n) is 2.90. The van der Waals surface area contributed by atoms with E-state index < -0.39 is 0 Å². The molecule has 2 aromatic rings. The van der Waals surface area contributed by atoms with E-state index >= 15 is 0 Å². The Hall–Kier alpha value is -2.41. The van der Waals surface area contributed by atoms with Crippen molar-refractivity contribution in [2.45, 2.75) is 32.4 Å². The number of aromatic amines is 1. The number of benzene rings is 1. The highest BCUT2D eigenvalue weighted by Gasteiger charge is 2.27. The van der Waals surface area contributed by atoms with Gasteiger partial charge >= 0.3 is 0 Å². The zero-order valence-electron chi connectivity index (χ0n) is 13.9. The number of H-pyrrole nitrogens is 1. The first-order valence-corrected chi connectivity index (χ1v) is 8.18. The molecule has 0 bridgehead atoms. The summed E-state index contributed by atoms with van der Waals surface area (Å²) in [5.41, 5.74) is 1.17. The van der Waals surface area contributed by atoms with Crippen LogP contribution in [0.25, 0.3) is 10.9 Å². The van der Waals surface area contributed by atoms with Crippen molar-refractivity contribution in [3.05, 3.63) is 30.0 Å². The van der Waals surface area contributed by atoms with Gasteiger partial charge in [-0.15, -0.1) is 0 Å². The van der Waals surface area contributed by atoms with Crippen LogP contribution in [0.15, 0.2) is 24.3 Å². The molecule has 2 N–H and O–H groups in total. The van der Waals surface area contributed by atoms with E-state index in [4.69, 9.17) is 4.74 Å². The molecule has 7 heteroatoms. The van der Waals surface area contributed by atoms with Gasteiger partial charge in [0.05, 0.1) is 24.3 Å². The Bertz CT molecular complexity index is 742. The van der Waals surface area contributed by atoms with E-state index in [1.54, 1.807) is 0 Å². The predicted octanol–water partition coefficient (Wildman–Crippen LogP) is 1.32. The number of nitrogens with zero attached hydrogens (tertiary/aromatic N) is 2. The minimum Gasteiger partial charge on any atom is -0.375 e. The maximum atomic E-state index is 12.3. The Morgan fingerprint density at radius 3 is 3.00 bits per heavy atom. The number of carbonyl (C=O) groups excluding carboxylic acids is 2. The molecule has 0 radical (unpaired) electrons. The van der Waals surface area contributed by atoms with Gasteiger partial charge in [-0.25, -0.2) is 0 Å². The van der Waals surface area contributed by atoms with Gasteiger partial charge in [0.25, 0.3) is 5.91 Å². The third kappa shape index (κ3) is 3.41. The largest absolute Gasteiger partial charge is 0.375 e. The van der Waals surface area contributed by atoms with Crippen molar-refractivity contribution in [3.8, 4) is 0 Å². The minimum absolute atomic E-state index is 0.0323. The molecule has 0 saturated carbocycles. The van der Waals surface area contributed by atoms with Gasteiger partial charge in [0.1, 0.15) is 0 Å². The monoisotopic (exact) mass is 330 g/mol. The van der Waals surface area contributed by atoms with Crippen LogP contribution in [0.4, 0.5) is 0 Å². The first kappa shape index (κ1) is 16.4. The van der Waals surface area contributed by atoms with Gasteiger partial charge in [-0.2, -0.15) is 5.10 Å². The summed E-state index contributed by atoms with van der Waals surface area (Å²) in [4.78, 5) is 26.4. The molecule has 2 heterocycles. The molecule has 1 fully saturated rings. The molecule has 1 aromatic heterocycles. The van der Waals surface area contributed by atoms with Gasteiger partial charge in [0, 0.05) is 24.9 Å². The molecule has 0 aliphatic carbocycles. The number of ether oxygens (including phenoxy) is 1. The number of fused-ring (bicyclic) bond motifs is 1. The average Bonchev–Trinajstić information content (AvgIpc) is 3.01. The standard InChI is InChI=1S/C17H22N4O3/c1-11-10-24-12(2)9-21(11)15(22)7-8-18-17(23)16-13-5-3-4-6-14(13)19-20-16/h3-6,11-12H,7-10H2,1-2H3,(H,18,23)(H,19,20)/t11-,12+/m0/s1. The van der Waals surface area contributed by atoms with Crippen LogP contribution in [0.5, 0.6) is 0 Å². The number of hydrogen-bond donors (Lipinski definition) is 2. The molecule has 0 unspecified atom stereocenters. The fraction of sp³-hybridized carbons (Fsp3) is 0.471. The number of rotatable bonds is 4. The topological polar surface area (TPSA) is 87.3 Å². The average molecular weight is 330 g/mol.